The molecular formula is C9H9FN2O2S. The van der Waals surface area contributed by atoms with Crippen LogP contribution in [0, 0.1) is 5.82 Å². The molecule has 0 aromatic heterocycles. The number of benzene rings is 1. The van der Waals surface area contributed by atoms with E-state index in [9.17, 15) is 14.3 Å². The summed E-state index contributed by atoms with van der Waals surface area (Å²) in [6.45, 7) is -0.0397. The van der Waals surface area contributed by atoms with E-state index in [4.69, 9.17) is 5.73 Å². The fourth-order valence-corrected chi connectivity index (χ4v) is 1.07. The van der Waals surface area contributed by atoms with Crippen LogP contribution in [0.1, 0.15) is 10.4 Å². The van der Waals surface area contributed by atoms with Gasteiger partial charge in [0.2, 0.25) is 0 Å². The lowest BCUT2D eigenvalue weighted by atomic mass is 10.2. The molecule has 0 bridgehead atoms. The normalized spacial score (nSPS) is 9.67. The maximum atomic E-state index is 13.1. The van der Waals surface area contributed by atoms with Crippen LogP contribution < -0.4 is 11.1 Å². The summed E-state index contributed by atoms with van der Waals surface area (Å²) in [4.78, 5) is 11.4. The first-order valence-corrected chi connectivity index (χ1v) is 4.47. The van der Waals surface area contributed by atoms with Crippen molar-refractivity contribution in [1.29, 1.82) is 0 Å². The van der Waals surface area contributed by atoms with E-state index in [1.165, 1.54) is 12.1 Å². The predicted molar refractivity (Wildman–Crippen MR) is 57.2 cm³/mol. The highest BCUT2D eigenvalue weighted by molar-refractivity contribution is 7.80. The van der Waals surface area contributed by atoms with Crippen molar-refractivity contribution in [3.05, 3.63) is 29.6 Å². The van der Waals surface area contributed by atoms with Crippen molar-refractivity contribution in [3.8, 4) is 5.75 Å². The van der Waals surface area contributed by atoms with Crippen molar-refractivity contribution in [3.63, 3.8) is 0 Å². The molecule has 0 spiro atoms. The molecule has 4 N–H and O–H groups in total. The maximum absolute atomic E-state index is 13.1. The van der Waals surface area contributed by atoms with Gasteiger partial charge >= 0.3 is 0 Å². The summed E-state index contributed by atoms with van der Waals surface area (Å²) < 4.78 is 13.1. The Morgan fingerprint density at radius 2 is 2.27 bits per heavy atom. The molecule has 4 nitrogen and oxygen atoms in total. The standard InChI is InChI=1S/C9H9FN2O2S/c10-5-2-1-3-6(13)8(5)9(14)12-4-7(11)15/h1-3,13H,4H2,(H2,11,15)(H,12,14). The Morgan fingerprint density at radius 3 is 2.80 bits per heavy atom. The van der Waals surface area contributed by atoms with Crippen molar-refractivity contribution in [2.45, 2.75) is 0 Å². The highest BCUT2D eigenvalue weighted by Crippen LogP contribution is 2.19. The van der Waals surface area contributed by atoms with Crippen molar-refractivity contribution in [2.75, 3.05) is 6.54 Å². The molecule has 1 rings (SSSR count). The summed E-state index contributed by atoms with van der Waals surface area (Å²) in [5.41, 5.74) is 4.75. The number of halogens is 1. The van der Waals surface area contributed by atoms with Crippen molar-refractivity contribution >= 4 is 23.1 Å². The van der Waals surface area contributed by atoms with Crippen LogP contribution in [0.15, 0.2) is 18.2 Å². The Balaban J connectivity index is 2.86. The summed E-state index contributed by atoms with van der Waals surface area (Å²) in [6, 6.07) is 3.60. The fraction of sp³-hybridized carbons (Fsp3) is 0.111. The van der Waals surface area contributed by atoms with Gasteiger partial charge in [0.1, 0.15) is 17.1 Å². The number of hydrogen-bond donors (Lipinski definition) is 3. The molecule has 1 aromatic rings. The molecule has 0 fully saturated rings. The van der Waals surface area contributed by atoms with Crippen LogP contribution >= 0.6 is 12.2 Å². The van der Waals surface area contributed by atoms with E-state index in [0.29, 0.717) is 0 Å². The largest absolute Gasteiger partial charge is 0.507 e. The molecule has 1 amide bonds. The minimum Gasteiger partial charge on any atom is -0.507 e. The number of thiocarbonyl (C=S) groups is 1. The van der Waals surface area contributed by atoms with Gasteiger partial charge in [-0.15, -0.1) is 0 Å². The van der Waals surface area contributed by atoms with Crippen LogP contribution in [0.25, 0.3) is 0 Å². The lowest BCUT2D eigenvalue weighted by Crippen LogP contribution is -2.32. The number of aromatic hydroxyl groups is 1. The van der Waals surface area contributed by atoms with E-state index >= 15 is 0 Å². The Kier molecular flexibility index (Phi) is 3.56. The zero-order chi connectivity index (χ0) is 11.4. The molecular weight excluding hydrogens is 219 g/mol. The number of rotatable bonds is 3. The number of nitrogens with two attached hydrogens (primary N) is 1. The number of carbonyl (C=O) groups is 1. The van der Waals surface area contributed by atoms with Gasteiger partial charge in [0, 0.05) is 0 Å². The van der Waals surface area contributed by atoms with E-state index < -0.39 is 23.0 Å². The molecule has 6 heteroatoms. The summed E-state index contributed by atoms with van der Waals surface area (Å²) >= 11 is 4.54. The van der Waals surface area contributed by atoms with Gasteiger partial charge in [0.25, 0.3) is 5.91 Å². The van der Waals surface area contributed by atoms with Crippen LogP contribution in [-0.2, 0) is 0 Å². The van der Waals surface area contributed by atoms with E-state index in [1.54, 1.807) is 0 Å². The van der Waals surface area contributed by atoms with Crippen LogP contribution in [0.4, 0.5) is 4.39 Å². The summed E-state index contributed by atoms with van der Waals surface area (Å²) in [7, 11) is 0. The van der Waals surface area contributed by atoms with E-state index in [0.717, 1.165) is 6.07 Å². The minimum atomic E-state index is -0.796. The maximum Gasteiger partial charge on any atom is 0.258 e. The van der Waals surface area contributed by atoms with E-state index in [1.807, 2.05) is 0 Å². The molecule has 0 atom stereocenters. The topological polar surface area (TPSA) is 75.3 Å². The molecule has 0 radical (unpaired) electrons. The first kappa shape index (κ1) is 11.4. The van der Waals surface area contributed by atoms with Crippen molar-refractivity contribution < 1.29 is 14.3 Å². The summed E-state index contributed by atoms with van der Waals surface area (Å²) in [5.74, 6) is -1.97. The van der Waals surface area contributed by atoms with Gasteiger partial charge in [-0.3, -0.25) is 4.79 Å². The molecule has 0 aliphatic carbocycles. The third-order valence-corrected chi connectivity index (χ3v) is 1.79. The number of nitrogens with one attached hydrogen (secondary N) is 1. The molecule has 80 valence electrons. The van der Waals surface area contributed by atoms with Gasteiger partial charge in [-0.1, -0.05) is 18.3 Å². The summed E-state index contributed by atoms with van der Waals surface area (Å²) in [5, 5.41) is 11.5. The van der Waals surface area contributed by atoms with Gasteiger partial charge in [-0.25, -0.2) is 4.39 Å². The van der Waals surface area contributed by atoms with Crippen LogP contribution in [-0.4, -0.2) is 22.5 Å². The lowest BCUT2D eigenvalue weighted by Gasteiger charge is -2.06. The number of carbonyl (C=O) groups excluding carboxylic acids is 1. The number of hydrogen-bond acceptors (Lipinski definition) is 3. The molecule has 0 aliphatic heterocycles. The SMILES string of the molecule is NC(=S)CNC(=O)c1c(O)cccc1F. The van der Waals surface area contributed by atoms with Crippen LogP contribution in [0.2, 0.25) is 0 Å². The van der Waals surface area contributed by atoms with Crippen molar-refractivity contribution in [2.24, 2.45) is 5.73 Å². The Bertz CT molecular complexity index is 389. The second-order valence-corrected chi connectivity index (χ2v) is 3.31. The third kappa shape index (κ3) is 2.88. The Morgan fingerprint density at radius 1 is 1.60 bits per heavy atom. The van der Waals surface area contributed by atoms with Gasteiger partial charge < -0.3 is 16.2 Å². The molecule has 15 heavy (non-hydrogen) atoms. The molecule has 0 aliphatic rings. The first-order chi connectivity index (χ1) is 7.02. The quantitative estimate of drug-likeness (QED) is 0.660. The van der Waals surface area contributed by atoms with Crippen LogP contribution in [0.5, 0.6) is 5.75 Å². The lowest BCUT2D eigenvalue weighted by molar-refractivity contribution is 0.0952. The van der Waals surface area contributed by atoms with E-state index in [2.05, 4.69) is 17.5 Å². The average molecular weight is 228 g/mol. The molecule has 1 aromatic carbocycles. The Hall–Kier alpha value is -1.69. The number of amides is 1. The Labute approximate surface area is 90.9 Å². The van der Waals surface area contributed by atoms with Gasteiger partial charge in [0.05, 0.1) is 11.5 Å². The van der Waals surface area contributed by atoms with Gasteiger partial charge in [0.15, 0.2) is 0 Å². The highest BCUT2D eigenvalue weighted by atomic mass is 32.1. The summed E-state index contributed by atoms with van der Waals surface area (Å²) in [6.07, 6.45) is 0. The number of phenols is 1. The zero-order valence-electron chi connectivity index (χ0n) is 7.66. The molecule has 0 heterocycles. The second kappa shape index (κ2) is 4.70. The fourth-order valence-electron chi connectivity index (χ4n) is 0.993. The smallest absolute Gasteiger partial charge is 0.258 e. The van der Waals surface area contributed by atoms with Gasteiger partial charge in [-0.2, -0.15) is 0 Å². The molecule has 0 unspecified atom stereocenters. The highest BCUT2D eigenvalue weighted by Gasteiger charge is 2.15. The van der Waals surface area contributed by atoms with Crippen molar-refractivity contribution in [1.82, 2.24) is 5.32 Å². The molecule has 0 saturated heterocycles. The average Bonchev–Trinajstić information content (AvgIpc) is 2.14. The number of phenolic OH excluding ortho intramolecular Hbond substituents is 1. The third-order valence-electron chi connectivity index (χ3n) is 1.64. The zero-order valence-corrected chi connectivity index (χ0v) is 8.47. The van der Waals surface area contributed by atoms with Gasteiger partial charge in [-0.05, 0) is 12.1 Å². The molecule has 0 saturated carbocycles. The first-order valence-electron chi connectivity index (χ1n) is 4.06. The monoisotopic (exact) mass is 228 g/mol. The predicted octanol–water partition coefficient (Wildman–Crippen LogP) is 0.547. The second-order valence-electron chi connectivity index (χ2n) is 2.78. The van der Waals surface area contributed by atoms with Crippen LogP contribution in [0.3, 0.4) is 0 Å². The van der Waals surface area contributed by atoms with E-state index in [-0.39, 0.29) is 11.5 Å². The minimum absolute atomic E-state index is 0.0397.